The Kier molecular flexibility index (Phi) is 2.74. The summed E-state index contributed by atoms with van der Waals surface area (Å²) in [5, 5.41) is 0. The molecule has 1 aromatic rings. The molecule has 0 aromatic heterocycles. The molecule has 0 saturated heterocycles. The Morgan fingerprint density at radius 2 is 1.92 bits per heavy atom. The second kappa shape index (κ2) is 3.80. The molecule has 0 aliphatic carbocycles. The van der Waals surface area contributed by atoms with E-state index in [1.54, 1.807) is 0 Å². The van der Waals surface area contributed by atoms with Crippen molar-refractivity contribution >= 4 is 18.0 Å². The first-order valence-corrected chi connectivity index (χ1v) is 3.51. The van der Waals surface area contributed by atoms with Gasteiger partial charge in [-0.15, -0.1) is 0 Å². The van der Waals surface area contributed by atoms with E-state index in [-0.39, 0.29) is 11.3 Å². The van der Waals surface area contributed by atoms with Crippen molar-refractivity contribution in [2.45, 2.75) is 0 Å². The van der Waals surface area contributed by atoms with Crippen LogP contribution >= 0.6 is 0 Å². The molecule has 0 heterocycles. The van der Waals surface area contributed by atoms with E-state index >= 15 is 0 Å². The second-order valence-corrected chi connectivity index (χ2v) is 2.39. The SMILES string of the molecule is Nc1cc(F)c(C=CC=O)cc1F. The van der Waals surface area contributed by atoms with Crippen LogP contribution < -0.4 is 5.73 Å². The maximum Gasteiger partial charge on any atom is 0.146 e. The van der Waals surface area contributed by atoms with Gasteiger partial charge in [-0.3, -0.25) is 4.79 Å². The molecule has 0 atom stereocenters. The molecule has 0 spiro atoms. The van der Waals surface area contributed by atoms with Crippen LogP contribution in [0.25, 0.3) is 6.08 Å². The molecule has 0 bridgehead atoms. The van der Waals surface area contributed by atoms with Crippen molar-refractivity contribution in [2.75, 3.05) is 5.73 Å². The monoisotopic (exact) mass is 183 g/mol. The minimum absolute atomic E-state index is 0.00111. The number of aldehydes is 1. The normalized spacial score (nSPS) is 10.6. The van der Waals surface area contributed by atoms with E-state index in [2.05, 4.69) is 0 Å². The Balaban J connectivity index is 3.15. The zero-order valence-corrected chi connectivity index (χ0v) is 6.63. The Hall–Kier alpha value is -1.71. The molecule has 0 saturated carbocycles. The van der Waals surface area contributed by atoms with Crippen LogP contribution in [0, 0.1) is 11.6 Å². The van der Waals surface area contributed by atoms with Crippen molar-refractivity contribution in [2.24, 2.45) is 0 Å². The summed E-state index contributed by atoms with van der Waals surface area (Å²) in [5.41, 5.74) is 4.86. The Labute approximate surface area is 73.7 Å². The maximum absolute atomic E-state index is 12.9. The number of benzene rings is 1. The number of carbonyl (C=O) groups excluding carboxylic acids is 1. The van der Waals surface area contributed by atoms with Gasteiger partial charge < -0.3 is 5.73 Å². The molecule has 0 aliphatic rings. The quantitative estimate of drug-likeness (QED) is 0.431. The van der Waals surface area contributed by atoms with Crippen LogP contribution in [0.4, 0.5) is 14.5 Å². The average molecular weight is 183 g/mol. The first-order valence-electron chi connectivity index (χ1n) is 3.51. The number of anilines is 1. The van der Waals surface area contributed by atoms with Gasteiger partial charge in [-0.1, -0.05) is 0 Å². The first-order chi connectivity index (χ1) is 6.15. The van der Waals surface area contributed by atoms with Crippen LogP contribution in [0.2, 0.25) is 0 Å². The van der Waals surface area contributed by atoms with Gasteiger partial charge in [0.25, 0.3) is 0 Å². The second-order valence-electron chi connectivity index (χ2n) is 2.39. The van der Waals surface area contributed by atoms with E-state index in [0.717, 1.165) is 18.2 Å². The van der Waals surface area contributed by atoms with E-state index in [1.165, 1.54) is 6.08 Å². The van der Waals surface area contributed by atoms with E-state index in [9.17, 15) is 13.6 Å². The molecule has 2 nitrogen and oxygen atoms in total. The zero-order chi connectivity index (χ0) is 9.84. The lowest BCUT2D eigenvalue weighted by Gasteiger charge is -1.99. The predicted molar refractivity (Wildman–Crippen MR) is 45.9 cm³/mol. The van der Waals surface area contributed by atoms with E-state index in [4.69, 9.17) is 5.73 Å². The molecular weight excluding hydrogens is 176 g/mol. The van der Waals surface area contributed by atoms with Gasteiger partial charge in [-0.05, 0) is 18.2 Å². The molecule has 68 valence electrons. The maximum atomic E-state index is 12.9. The van der Waals surface area contributed by atoms with Crippen LogP contribution in [0.1, 0.15) is 5.56 Å². The van der Waals surface area contributed by atoms with Gasteiger partial charge in [-0.2, -0.15) is 0 Å². The van der Waals surface area contributed by atoms with Gasteiger partial charge >= 0.3 is 0 Å². The van der Waals surface area contributed by atoms with Gasteiger partial charge in [0.1, 0.15) is 17.9 Å². The third-order valence-electron chi connectivity index (χ3n) is 1.47. The molecule has 0 radical (unpaired) electrons. The highest BCUT2D eigenvalue weighted by molar-refractivity contribution is 5.74. The molecular formula is C9H7F2NO. The molecule has 4 heteroatoms. The molecule has 1 rings (SSSR count). The standard InChI is InChI=1S/C9H7F2NO/c10-7-5-9(12)8(11)4-6(7)2-1-3-13/h1-5H,12H2. The minimum atomic E-state index is -0.702. The number of rotatable bonds is 2. The Morgan fingerprint density at radius 3 is 2.54 bits per heavy atom. The first kappa shape index (κ1) is 9.38. The Morgan fingerprint density at radius 1 is 1.23 bits per heavy atom. The third kappa shape index (κ3) is 2.11. The van der Waals surface area contributed by atoms with Gasteiger partial charge in [0.2, 0.25) is 0 Å². The molecule has 2 N–H and O–H groups in total. The molecule has 13 heavy (non-hydrogen) atoms. The van der Waals surface area contributed by atoms with Crippen molar-refractivity contribution in [1.82, 2.24) is 0 Å². The van der Waals surface area contributed by atoms with Gasteiger partial charge in [0.05, 0.1) is 5.69 Å². The zero-order valence-electron chi connectivity index (χ0n) is 6.63. The number of halogens is 2. The van der Waals surface area contributed by atoms with Crippen LogP contribution in [-0.2, 0) is 4.79 Å². The summed E-state index contributed by atoms with van der Waals surface area (Å²) in [5.74, 6) is -1.36. The number of nitrogens with two attached hydrogens (primary N) is 1. The highest BCUT2D eigenvalue weighted by Crippen LogP contribution is 2.17. The summed E-state index contributed by atoms with van der Waals surface area (Å²) in [4.78, 5) is 9.91. The van der Waals surface area contributed by atoms with Crippen molar-refractivity contribution in [3.05, 3.63) is 35.4 Å². The Bertz CT molecular complexity index is 361. The lowest BCUT2D eigenvalue weighted by atomic mass is 10.1. The third-order valence-corrected chi connectivity index (χ3v) is 1.47. The van der Waals surface area contributed by atoms with Crippen molar-refractivity contribution in [3.63, 3.8) is 0 Å². The number of hydrogen-bond acceptors (Lipinski definition) is 2. The topological polar surface area (TPSA) is 43.1 Å². The van der Waals surface area contributed by atoms with E-state index in [0.29, 0.717) is 6.29 Å². The number of hydrogen-bond donors (Lipinski definition) is 1. The molecule has 0 aliphatic heterocycles. The van der Waals surface area contributed by atoms with Crippen LogP contribution in [0.5, 0.6) is 0 Å². The van der Waals surface area contributed by atoms with Crippen LogP contribution in [0.3, 0.4) is 0 Å². The summed E-state index contributed by atoms with van der Waals surface area (Å²) in [6.45, 7) is 0. The van der Waals surface area contributed by atoms with Gasteiger partial charge in [0.15, 0.2) is 0 Å². The number of carbonyl (C=O) groups is 1. The van der Waals surface area contributed by atoms with Crippen molar-refractivity contribution < 1.29 is 13.6 Å². The molecule has 1 aromatic carbocycles. The molecule has 0 amide bonds. The minimum Gasteiger partial charge on any atom is -0.396 e. The fourth-order valence-electron chi connectivity index (χ4n) is 0.848. The summed E-state index contributed by atoms with van der Waals surface area (Å²) >= 11 is 0. The van der Waals surface area contributed by atoms with E-state index in [1.807, 2.05) is 0 Å². The number of nitrogen functional groups attached to an aromatic ring is 1. The largest absolute Gasteiger partial charge is 0.396 e. The molecule has 0 unspecified atom stereocenters. The predicted octanol–water partition coefficient (Wildman–Crippen LogP) is 1.76. The summed E-state index contributed by atoms with van der Waals surface area (Å²) in [7, 11) is 0. The fraction of sp³-hybridized carbons (Fsp3) is 0. The molecule has 0 fully saturated rings. The average Bonchev–Trinajstić information content (AvgIpc) is 2.09. The lowest BCUT2D eigenvalue weighted by Crippen LogP contribution is -1.93. The summed E-state index contributed by atoms with van der Waals surface area (Å²) in [6, 6.07) is 1.81. The smallest absolute Gasteiger partial charge is 0.146 e. The van der Waals surface area contributed by atoms with Crippen LogP contribution in [-0.4, -0.2) is 6.29 Å². The summed E-state index contributed by atoms with van der Waals surface area (Å²) in [6.07, 6.45) is 2.73. The van der Waals surface area contributed by atoms with E-state index < -0.39 is 11.6 Å². The van der Waals surface area contributed by atoms with Gasteiger partial charge in [0, 0.05) is 11.6 Å². The van der Waals surface area contributed by atoms with Crippen molar-refractivity contribution in [3.8, 4) is 0 Å². The highest BCUT2D eigenvalue weighted by atomic mass is 19.1. The van der Waals surface area contributed by atoms with Crippen molar-refractivity contribution in [1.29, 1.82) is 0 Å². The van der Waals surface area contributed by atoms with Gasteiger partial charge in [-0.25, -0.2) is 8.78 Å². The van der Waals surface area contributed by atoms with Crippen LogP contribution in [0.15, 0.2) is 18.2 Å². The fourth-order valence-corrected chi connectivity index (χ4v) is 0.848. The number of allylic oxidation sites excluding steroid dienone is 1. The summed E-state index contributed by atoms with van der Waals surface area (Å²) < 4.78 is 25.7. The lowest BCUT2D eigenvalue weighted by molar-refractivity contribution is -0.104. The highest BCUT2D eigenvalue weighted by Gasteiger charge is 2.04.